The molecule has 0 aliphatic heterocycles. The normalized spacial score (nSPS) is 10.3. The molecule has 0 atom stereocenters. The maximum Gasteiger partial charge on any atom is 0.174 e. The molecule has 126 valence electrons. The van der Waals surface area contributed by atoms with Crippen LogP contribution in [0.2, 0.25) is 5.02 Å². The van der Waals surface area contributed by atoms with E-state index in [1.54, 1.807) is 0 Å². The maximum absolute atomic E-state index is 6.25. The number of nitrogens with one attached hydrogen (secondary N) is 1. The first-order valence-corrected chi connectivity index (χ1v) is 8.89. The van der Waals surface area contributed by atoms with E-state index in [9.17, 15) is 0 Å². The highest BCUT2D eigenvalue weighted by Crippen LogP contribution is 2.21. The summed E-state index contributed by atoms with van der Waals surface area (Å²) in [6, 6.07) is 28.3. The van der Waals surface area contributed by atoms with Crippen LogP contribution >= 0.6 is 23.8 Å². The lowest BCUT2D eigenvalue weighted by molar-refractivity contribution is 0.413. The molecule has 0 aliphatic rings. The Hall–Kier alpha value is -2.36. The van der Waals surface area contributed by atoms with E-state index in [0.29, 0.717) is 10.1 Å². The molecule has 0 saturated heterocycles. The van der Waals surface area contributed by atoms with Crippen LogP contribution in [0.1, 0.15) is 11.1 Å². The summed E-state index contributed by atoms with van der Waals surface area (Å²) in [6.45, 7) is 1.46. The molecular formula is C21H19ClN2S. The Bertz CT molecular complexity index is 780. The van der Waals surface area contributed by atoms with Gasteiger partial charge in [0, 0.05) is 13.1 Å². The number of para-hydroxylation sites is 1. The summed E-state index contributed by atoms with van der Waals surface area (Å²) in [7, 11) is 0. The number of hydrogen-bond acceptors (Lipinski definition) is 1. The molecule has 0 aromatic heterocycles. The molecule has 0 unspecified atom stereocenters. The monoisotopic (exact) mass is 366 g/mol. The number of rotatable bonds is 5. The molecule has 3 aromatic rings. The van der Waals surface area contributed by atoms with Gasteiger partial charge in [0.05, 0.1) is 10.7 Å². The summed E-state index contributed by atoms with van der Waals surface area (Å²) in [5, 5.41) is 4.59. The summed E-state index contributed by atoms with van der Waals surface area (Å²) in [4.78, 5) is 2.14. The van der Waals surface area contributed by atoms with Gasteiger partial charge in [0.25, 0.3) is 0 Å². The lowest BCUT2D eigenvalue weighted by atomic mass is 10.2. The van der Waals surface area contributed by atoms with Crippen molar-refractivity contribution in [2.24, 2.45) is 0 Å². The summed E-state index contributed by atoms with van der Waals surface area (Å²) >= 11 is 11.9. The second kappa shape index (κ2) is 8.65. The lowest BCUT2D eigenvalue weighted by Crippen LogP contribution is -2.33. The van der Waals surface area contributed by atoms with Crippen LogP contribution in [0.5, 0.6) is 0 Å². The average Bonchev–Trinajstić information content (AvgIpc) is 2.65. The van der Waals surface area contributed by atoms with Crippen LogP contribution in [0.3, 0.4) is 0 Å². The van der Waals surface area contributed by atoms with E-state index in [1.807, 2.05) is 60.7 Å². The molecule has 3 rings (SSSR count). The van der Waals surface area contributed by atoms with Crippen LogP contribution in [0.15, 0.2) is 84.9 Å². The van der Waals surface area contributed by atoms with E-state index >= 15 is 0 Å². The highest BCUT2D eigenvalue weighted by molar-refractivity contribution is 7.80. The molecule has 0 radical (unpaired) electrons. The molecule has 25 heavy (non-hydrogen) atoms. The van der Waals surface area contributed by atoms with Crippen LogP contribution in [0, 0.1) is 0 Å². The van der Waals surface area contributed by atoms with Gasteiger partial charge in [-0.05, 0) is 35.5 Å². The Morgan fingerprint density at radius 2 is 1.24 bits per heavy atom. The Labute approximate surface area is 159 Å². The number of hydrogen-bond donors (Lipinski definition) is 1. The largest absolute Gasteiger partial charge is 0.340 e. The third kappa shape index (κ3) is 5.05. The van der Waals surface area contributed by atoms with E-state index in [1.165, 1.54) is 11.1 Å². The fraction of sp³-hybridized carbons (Fsp3) is 0.0952. The van der Waals surface area contributed by atoms with Gasteiger partial charge in [0.15, 0.2) is 5.11 Å². The topological polar surface area (TPSA) is 15.3 Å². The van der Waals surface area contributed by atoms with Crippen molar-refractivity contribution in [1.29, 1.82) is 0 Å². The Kier molecular flexibility index (Phi) is 6.04. The minimum absolute atomic E-state index is 0.654. The highest BCUT2D eigenvalue weighted by Gasteiger charge is 2.12. The molecule has 3 aromatic carbocycles. The van der Waals surface area contributed by atoms with Crippen molar-refractivity contribution in [3.05, 3.63) is 101 Å². The van der Waals surface area contributed by atoms with E-state index in [2.05, 4.69) is 34.5 Å². The third-order valence-corrected chi connectivity index (χ3v) is 4.53. The summed E-state index contributed by atoms with van der Waals surface area (Å²) < 4.78 is 0. The van der Waals surface area contributed by atoms with Crippen molar-refractivity contribution in [1.82, 2.24) is 4.90 Å². The van der Waals surface area contributed by atoms with E-state index in [-0.39, 0.29) is 0 Å². The minimum atomic E-state index is 0.654. The third-order valence-electron chi connectivity index (χ3n) is 3.84. The molecular weight excluding hydrogens is 348 g/mol. The van der Waals surface area contributed by atoms with Crippen molar-refractivity contribution >= 4 is 34.6 Å². The lowest BCUT2D eigenvalue weighted by Gasteiger charge is -2.26. The fourth-order valence-corrected chi connectivity index (χ4v) is 2.99. The van der Waals surface area contributed by atoms with Crippen molar-refractivity contribution < 1.29 is 0 Å². The first-order valence-electron chi connectivity index (χ1n) is 8.10. The summed E-state index contributed by atoms with van der Waals surface area (Å²) in [5.74, 6) is 0. The van der Waals surface area contributed by atoms with Crippen LogP contribution in [0.25, 0.3) is 0 Å². The standard InChI is InChI=1S/C21H19ClN2S/c22-19-13-7-8-14-20(19)23-21(25)24(15-17-9-3-1-4-10-17)16-18-11-5-2-6-12-18/h1-14H,15-16H2,(H,23,25). The molecule has 0 fully saturated rings. The molecule has 1 N–H and O–H groups in total. The number of nitrogens with zero attached hydrogens (tertiary/aromatic N) is 1. The van der Waals surface area contributed by atoms with Gasteiger partial charge in [-0.15, -0.1) is 0 Å². The molecule has 0 bridgehead atoms. The van der Waals surface area contributed by atoms with Gasteiger partial charge in [-0.2, -0.15) is 0 Å². The van der Waals surface area contributed by atoms with Crippen LogP contribution in [-0.4, -0.2) is 10.0 Å². The minimum Gasteiger partial charge on any atom is -0.340 e. The molecule has 0 spiro atoms. The zero-order valence-corrected chi connectivity index (χ0v) is 15.3. The summed E-state index contributed by atoms with van der Waals surface area (Å²) in [5.41, 5.74) is 3.24. The predicted molar refractivity (Wildman–Crippen MR) is 110 cm³/mol. The van der Waals surface area contributed by atoms with Gasteiger partial charge < -0.3 is 10.2 Å². The first-order chi connectivity index (χ1) is 12.2. The van der Waals surface area contributed by atoms with Gasteiger partial charge in [-0.1, -0.05) is 84.4 Å². The van der Waals surface area contributed by atoms with Gasteiger partial charge in [0.1, 0.15) is 0 Å². The second-order valence-corrected chi connectivity index (χ2v) is 6.53. The highest BCUT2D eigenvalue weighted by atomic mass is 35.5. The Balaban J connectivity index is 1.79. The van der Waals surface area contributed by atoms with Crippen molar-refractivity contribution in [3.8, 4) is 0 Å². The van der Waals surface area contributed by atoms with Gasteiger partial charge in [0.2, 0.25) is 0 Å². The van der Waals surface area contributed by atoms with Crippen molar-refractivity contribution in [2.75, 3.05) is 5.32 Å². The summed E-state index contributed by atoms with van der Waals surface area (Å²) in [6.07, 6.45) is 0. The van der Waals surface area contributed by atoms with Crippen LogP contribution < -0.4 is 5.32 Å². The first kappa shape index (κ1) is 17.5. The molecule has 4 heteroatoms. The quantitative estimate of drug-likeness (QED) is 0.579. The van der Waals surface area contributed by atoms with Crippen LogP contribution in [0.4, 0.5) is 5.69 Å². The van der Waals surface area contributed by atoms with Gasteiger partial charge >= 0.3 is 0 Å². The number of anilines is 1. The molecule has 0 amide bonds. The van der Waals surface area contributed by atoms with Gasteiger partial charge in [-0.25, -0.2) is 0 Å². The van der Waals surface area contributed by atoms with E-state index in [4.69, 9.17) is 23.8 Å². The zero-order valence-electron chi connectivity index (χ0n) is 13.7. The molecule has 2 nitrogen and oxygen atoms in total. The number of benzene rings is 3. The average molecular weight is 367 g/mol. The smallest absolute Gasteiger partial charge is 0.174 e. The van der Waals surface area contributed by atoms with E-state index < -0.39 is 0 Å². The predicted octanol–water partition coefficient (Wildman–Crippen LogP) is 5.74. The van der Waals surface area contributed by atoms with E-state index in [0.717, 1.165) is 18.8 Å². The Morgan fingerprint density at radius 1 is 0.760 bits per heavy atom. The fourth-order valence-electron chi connectivity index (χ4n) is 2.56. The van der Waals surface area contributed by atoms with Crippen molar-refractivity contribution in [2.45, 2.75) is 13.1 Å². The molecule has 0 aliphatic carbocycles. The Morgan fingerprint density at radius 3 is 1.76 bits per heavy atom. The van der Waals surface area contributed by atoms with Crippen LogP contribution in [-0.2, 0) is 13.1 Å². The van der Waals surface area contributed by atoms with Crippen molar-refractivity contribution in [3.63, 3.8) is 0 Å². The maximum atomic E-state index is 6.25. The van der Waals surface area contributed by atoms with Gasteiger partial charge in [-0.3, -0.25) is 0 Å². The number of thiocarbonyl (C=S) groups is 1. The zero-order chi connectivity index (χ0) is 17.5. The molecule has 0 saturated carbocycles. The number of halogens is 1. The molecule has 0 heterocycles. The SMILES string of the molecule is S=C(Nc1ccccc1Cl)N(Cc1ccccc1)Cc1ccccc1. The second-order valence-electron chi connectivity index (χ2n) is 5.74.